The van der Waals surface area contributed by atoms with Gasteiger partial charge in [-0.2, -0.15) is 0 Å². The molecular formula is C24H35N5O4S. The van der Waals surface area contributed by atoms with E-state index in [9.17, 15) is 4.79 Å². The molecule has 34 heavy (non-hydrogen) atoms. The lowest BCUT2D eigenvalue weighted by Crippen LogP contribution is -2.43. The number of pyridine rings is 1. The lowest BCUT2D eigenvalue weighted by Gasteiger charge is -2.29. The van der Waals surface area contributed by atoms with E-state index in [-0.39, 0.29) is 12.4 Å². The number of H-pyrrole nitrogens is 1. The van der Waals surface area contributed by atoms with Crippen LogP contribution in [0.4, 0.5) is 0 Å². The van der Waals surface area contributed by atoms with Crippen LogP contribution in [0.25, 0.3) is 10.9 Å². The molecule has 0 spiro atoms. The van der Waals surface area contributed by atoms with Gasteiger partial charge in [0.15, 0.2) is 16.6 Å². The number of nitrogens with one attached hydrogen (secondary N) is 2. The van der Waals surface area contributed by atoms with Crippen LogP contribution < -0.4 is 20.3 Å². The molecule has 9 nitrogen and oxygen atoms in total. The van der Waals surface area contributed by atoms with E-state index < -0.39 is 0 Å². The Morgan fingerprint density at radius 3 is 2.65 bits per heavy atom. The second-order valence-electron chi connectivity index (χ2n) is 9.03. The number of benzene rings is 1. The number of morpholine rings is 1. The Morgan fingerprint density at radius 2 is 1.88 bits per heavy atom. The standard InChI is InChI=1S/C24H35N5O4S/c1-27(2)6-3-5-25-24(34)29(8-4-7-28-9-11-31-12-10-28)16-19-13-18-14-21-22(33-17-32-21)15-20(18)26-23(19)30/h13-15H,3-12,16-17H2,1-2H3,(H,25,34)(H,26,30). The fraction of sp³-hybridized carbons (Fsp3) is 0.583. The summed E-state index contributed by atoms with van der Waals surface area (Å²) in [4.78, 5) is 22.6. The largest absolute Gasteiger partial charge is 0.454 e. The highest BCUT2D eigenvalue weighted by Crippen LogP contribution is 2.35. The summed E-state index contributed by atoms with van der Waals surface area (Å²) >= 11 is 5.75. The number of aromatic nitrogens is 1. The highest BCUT2D eigenvalue weighted by Gasteiger charge is 2.18. The van der Waals surface area contributed by atoms with Gasteiger partial charge in [-0.3, -0.25) is 9.69 Å². The third-order valence-electron chi connectivity index (χ3n) is 6.13. The average Bonchev–Trinajstić information content (AvgIpc) is 3.28. The predicted molar refractivity (Wildman–Crippen MR) is 137 cm³/mol. The molecule has 0 radical (unpaired) electrons. The number of hydrogen-bond acceptors (Lipinski definition) is 7. The fourth-order valence-corrected chi connectivity index (χ4v) is 4.49. The van der Waals surface area contributed by atoms with E-state index in [1.807, 2.05) is 18.2 Å². The van der Waals surface area contributed by atoms with Crippen LogP contribution in [0.2, 0.25) is 0 Å². The van der Waals surface area contributed by atoms with Crippen LogP contribution in [0.1, 0.15) is 18.4 Å². The third kappa shape index (κ3) is 6.59. The molecule has 186 valence electrons. The molecule has 1 fully saturated rings. The van der Waals surface area contributed by atoms with Crippen LogP contribution in [0.5, 0.6) is 11.5 Å². The van der Waals surface area contributed by atoms with Crippen molar-refractivity contribution in [2.45, 2.75) is 19.4 Å². The normalized spacial score (nSPS) is 15.7. The molecule has 3 heterocycles. The fourth-order valence-electron chi connectivity index (χ4n) is 4.23. The van der Waals surface area contributed by atoms with Crippen molar-refractivity contribution >= 4 is 28.2 Å². The first kappa shape index (κ1) is 24.7. The van der Waals surface area contributed by atoms with Crippen LogP contribution in [-0.4, -0.2) is 98.2 Å². The molecule has 0 atom stereocenters. The number of aromatic amines is 1. The van der Waals surface area contributed by atoms with E-state index in [1.54, 1.807) is 0 Å². The maximum atomic E-state index is 12.9. The molecule has 1 aromatic carbocycles. The second kappa shape index (κ2) is 11.8. The Bertz CT molecular complexity index is 1040. The van der Waals surface area contributed by atoms with Gasteiger partial charge in [-0.15, -0.1) is 0 Å². The molecule has 1 saturated heterocycles. The van der Waals surface area contributed by atoms with Gasteiger partial charge < -0.3 is 34.3 Å². The Balaban J connectivity index is 1.45. The molecule has 2 N–H and O–H groups in total. The van der Waals surface area contributed by atoms with Gasteiger partial charge >= 0.3 is 0 Å². The summed E-state index contributed by atoms with van der Waals surface area (Å²) < 4.78 is 16.4. The number of fused-ring (bicyclic) bond motifs is 2. The zero-order chi connectivity index (χ0) is 23.9. The van der Waals surface area contributed by atoms with Crippen molar-refractivity contribution in [1.82, 2.24) is 25.0 Å². The van der Waals surface area contributed by atoms with Crippen molar-refractivity contribution in [2.24, 2.45) is 0 Å². The number of hydrogen-bond donors (Lipinski definition) is 2. The van der Waals surface area contributed by atoms with E-state index >= 15 is 0 Å². The molecule has 1 aromatic heterocycles. The molecule has 2 aliphatic rings. The molecule has 0 saturated carbocycles. The summed E-state index contributed by atoms with van der Waals surface area (Å²) in [5.74, 6) is 1.36. The zero-order valence-corrected chi connectivity index (χ0v) is 20.9. The van der Waals surface area contributed by atoms with E-state index in [4.69, 9.17) is 26.4 Å². The van der Waals surface area contributed by atoms with E-state index in [0.717, 1.165) is 76.2 Å². The van der Waals surface area contributed by atoms with Gasteiger partial charge in [0.05, 0.1) is 25.3 Å². The van der Waals surface area contributed by atoms with E-state index in [1.165, 1.54) is 0 Å². The van der Waals surface area contributed by atoms with Gasteiger partial charge in [0, 0.05) is 49.7 Å². The second-order valence-corrected chi connectivity index (χ2v) is 9.42. The lowest BCUT2D eigenvalue weighted by molar-refractivity contribution is 0.0367. The molecule has 2 aliphatic heterocycles. The summed E-state index contributed by atoms with van der Waals surface area (Å²) in [7, 11) is 4.13. The van der Waals surface area contributed by atoms with Crippen LogP contribution >= 0.6 is 12.2 Å². The number of thiocarbonyl (C=S) groups is 1. The zero-order valence-electron chi connectivity index (χ0n) is 20.1. The number of rotatable bonds is 10. The minimum Gasteiger partial charge on any atom is -0.454 e. The Morgan fingerprint density at radius 1 is 1.12 bits per heavy atom. The molecule has 2 aromatic rings. The van der Waals surface area contributed by atoms with Gasteiger partial charge in [0.1, 0.15) is 0 Å². The Labute approximate surface area is 205 Å². The first-order valence-electron chi connectivity index (χ1n) is 11.9. The predicted octanol–water partition coefficient (Wildman–Crippen LogP) is 1.61. The van der Waals surface area contributed by atoms with E-state index in [0.29, 0.717) is 28.7 Å². The monoisotopic (exact) mass is 489 g/mol. The number of ether oxygens (including phenoxy) is 3. The first-order chi connectivity index (χ1) is 16.5. The third-order valence-corrected chi connectivity index (χ3v) is 6.53. The summed E-state index contributed by atoms with van der Waals surface area (Å²) in [5, 5.41) is 4.99. The minimum atomic E-state index is -0.111. The van der Waals surface area contributed by atoms with E-state index in [2.05, 4.69) is 39.1 Å². The van der Waals surface area contributed by atoms with Crippen LogP contribution in [0.15, 0.2) is 23.0 Å². The van der Waals surface area contributed by atoms with Crippen LogP contribution in [0.3, 0.4) is 0 Å². The molecule has 0 amide bonds. The van der Waals surface area contributed by atoms with Crippen LogP contribution in [-0.2, 0) is 11.3 Å². The van der Waals surface area contributed by atoms with Crippen molar-refractivity contribution in [1.29, 1.82) is 0 Å². The molecule has 0 aliphatic carbocycles. The molecule has 0 unspecified atom stereocenters. The minimum absolute atomic E-state index is 0.111. The highest BCUT2D eigenvalue weighted by atomic mass is 32.1. The summed E-state index contributed by atoms with van der Waals surface area (Å²) in [6, 6.07) is 5.66. The van der Waals surface area contributed by atoms with Crippen molar-refractivity contribution in [3.63, 3.8) is 0 Å². The summed E-state index contributed by atoms with van der Waals surface area (Å²) in [6.07, 6.45) is 1.96. The van der Waals surface area contributed by atoms with Gasteiger partial charge in [0.2, 0.25) is 6.79 Å². The van der Waals surface area contributed by atoms with Crippen molar-refractivity contribution in [3.8, 4) is 11.5 Å². The maximum absolute atomic E-state index is 12.9. The quantitative estimate of drug-likeness (QED) is 0.382. The molecule has 0 bridgehead atoms. The van der Waals surface area contributed by atoms with Gasteiger partial charge in [-0.05, 0) is 57.8 Å². The highest BCUT2D eigenvalue weighted by molar-refractivity contribution is 7.80. The maximum Gasteiger partial charge on any atom is 0.253 e. The molecular weight excluding hydrogens is 454 g/mol. The lowest BCUT2D eigenvalue weighted by atomic mass is 10.1. The SMILES string of the molecule is CN(C)CCCNC(=S)N(CCCN1CCOCC1)Cc1cc2cc3c(cc2[nH]c1=O)OCO3. The van der Waals surface area contributed by atoms with Crippen LogP contribution in [0, 0.1) is 0 Å². The van der Waals surface area contributed by atoms with Crippen molar-refractivity contribution < 1.29 is 14.2 Å². The Hall–Kier alpha value is -2.40. The molecule has 10 heteroatoms. The summed E-state index contributed by atoms with van der Waals surface area (Å²) in [6.45, 7) is 7.72. The van der Waals surface area contributed by atoms with Gasteiger partial charge in [-0.25, -0.2) is 0 Å². The first-order valence-corrected chi connectivity index (χ1v) is 12.3. The number of nitrogens with zero attached hydrogens (tertiary/aromatic N) is 3. The van der Waals surface area contributed by atoms with Crippen molar-refractivity contribution in [2.75, 3.05) is 73.4 Å². The smallest absolute Gasteiger partial charge is 0.253 e. The molecule has 4 rings (SSSR count). The van der Waals surface area contributed by atoms with Gasteiger partial charge in [-0.1, -0.05) is 0 Å². The Kier molecular flexibility index (Phi) is 8.60. The summed E-state index contributed by atoms with van der Waals surface area (Å²) in [5.41, 5.74) is 1.30. The van der Waals surface area contributed by atoms with Gasteiger partial charge in [0.25, 0.3) is 5.56 Å². The average molecular weight is 490 g/mol. The topological polar surface area (TPSA) is 82.3 Å². The van der Waals surface area contributed by atoms with Crippen molar-refractivity contribution in [3.05, 3.63) is 34.1 Å².